The molecule has 0 amide bonds. The van der Waals surface area contributed by atoms with Gasteiger partial charge in [-0.1, -0.05) is 17.7 Å². The number of piperazine rings is 1. The average Bonchev–Trinajstić information content (AvgIpc) is 2.45. The Morgan fingerprint density at radius 1 is 1.41 bits per heavy atom. The first kappa shape index (κ1) is 20.9. The van der Waals surface area contributed by atoms with Gasteiger partial charge in [-0.15, -0.1) is 31.4 Å². The number of benzene rings is 1. The van der Waals surface area contributed by atoms with E-state index in [4.69, 9.17) is 0 Å². The highest BCUT2D eigenvalue weighted by Gasteiger charge is 2.23. The summed E-state index contributed by atoms with van der Waals surface area (Å²) in [5, 5.41) is 14.3. The molecule has 7 heteroatoms. The van der Waals surface area contributed by atoms with Gasteiger partial charge in [-0.05, 0) is 18.9 Å². The van der Waals surface area contributed by atoms with Crippen molar-refractivity contribution >= 4 is 30.5 Å². The molecule has 0 bridgehead atoms. The van der Waals surface area contributed by atoms with Gasteiger partial charge in [0.25, 0.3) is 5.69 Å². The maximum absolute atomic E-state index is 10.9. The second-order valence-electron chi connectivity index (χ2n) is 5.32. The SMILES string of the molecule is C=C(C)C[C@H](c1cccc([N+](=O)[O-])c1)N1CCNCC1.Cl.Cl. The standard InChI is InChI=1S/C15H21N3O2.2ClH/c1-12(2)10-15(17-8-6-16-7-9-17)13-4-3-5-14(11-13)18(19)20;;/h3-5,11,15-16H,1,6-10H2,2H3;2*1H/t15-;;/m1../s1. The maximum atomic E-state index is 10.9. The summed E-state index contributed by atoms with van der Waals surface area (Å²) in [4.78, 5) is 13.0. The third-order valence-electron chi connectivity index (χ3n) is 3.60. The van der Waals surface area contributed by atoms with Crippen molar-refractivity contribution in [1.82, 2.24) is 10.2 Å². The summed E-state index contributed by atoms with van der Waals surface area (Å²) in [6.45, 7) is 9.84. The van der Waals surface area contributed by atoms with E-state index in [0.29, 0.717) is 0 Å². The number of hydrogen-bond donors (Lipinski definition) is 1. The fraction of sp³-hybridized carbons (Fsp3) is 0.467. The third kappa shape index (κ3) is 5.57. The predicted octanol–water partition coefficient (Wildman–Crippen LogP) is 3.35. The number of halogens is 2. The normalized spacial score (nSPS) is 16.0. The zero-order chi connectivity index (χ0) is 14.5. The van der Waals surface area contributed by atoms with Gasteiger partial charge < -0.3 is 5.32 Å². The molecule has 0 saturated carbocycles. The smallest absolute Gasteiger partial charge is 0.269 e. The number of nitro benzene ring substituents is 1. The highest BCUT2D eigenvalue weighted by molar-refractivity contribution is 5.85. The lowest BCUT2D eigenvalue weighted by Crippen LogP contribution is -2.45. The minimum absolute atomic E-state index is 0. The van der Waals surface area contributed by atoms with Gasteiger partial charge in [-0.2, -0.15) is 0 Å². The molecule has 22 heavy (non-hydrogen) atoms. The molecule has 1 fully saturated rings. The molecule has 0 radical (unpaired) electrons. The van der Waals surface area contributed by atoms with E-state index < -0.39 is 0 Å². The van der Waals surface area contributed by atoms with Crippen LogP contribution < -0.4 is 5.32 Å². The molecule has 1 atom stereocenters. The first-order chi connectivity index (χ1) is 9.58. The van der Waals surface area contributed by atoms with Crippen LogP contribution in [0.1, 0.15) is 24.9 Å². The number of rotatable bonds is 5. The fourth-order valence-corrected chi connectivity index (χ4v) is 2.63. The second-order valence-corrected chi connectivity index (χ2v) is 5.32. The lowest BCUT2D eigenvalue weighted by molar-refractivity contribution is -0.385. The fourth-order valence-electron chi connectivity index (χ4n) is 2.63. The highest BCUT2D eigenvalue weighted by Crippen LogP contribution is 2.29. The topological polar surface area (TPSA) is 58.4 Å². The monoisotopic (exact) mass is 347 g/mol. The molecule has 1 heterocycles. The molecule has 1 aliphatic rings. The minimum atomic E-state index is -0.334. The maximum Gasteiger partial charge on any atom is 0.269 e. The second kappa shape index (κ2) is 9.79. The number of nitrogens with one attached hydrogen (secondary N) is 1. The van der Waals surface area contributed by atoms with E-state index in [1.165, 1.54) is 0 Å². The molecular formula is C15H23Cl2N3O2. The molecule has 0 spiro atoms. The van der Waals surface area contributed by atoms with E-state index in [1.807, 2.05) is 13.0 Å². The Bertz CT molecular complexity index is 505. The summed E-state index contributed by atoms with van der Waals surface area (Å²) in [5.74, 6) is 0. The van der Waals surface area contributed by atoms with Crippen LogP contribution in [0.5, 0.6) is 0 Å². The van der Waals surface area contributed by atoms with Gasteiger partial charge >= 0.3 is 0 Å². The Balaban J connectivity index is 0.00000220. The molecule has 0 unspecified atom stereocenters. The summed E-state index contributed by atoms with van der Waals surface area (Å²) < 4.78 is 0. The zero-order valence-corrected chi connectivity index (χ0v) is 14.3. The first-order valence-electron chi connectivity index (χ1n) is 6.91. The van der Waals surface area contributed by atoms with Gasteiger partial charge in [0.1, 0.15) is 0 Å². The molecular weight excluding hydrogens is 325 g/mol. The minimum Gasteiger partial charge on any atom is -0.314 e. The third-order valence-corrected chi connectivity index (χ3v) is 3.60. The number of nitro groups is 1. The van der Waals surface area contributed by atoms with Gasteiger partial charge in [-0.3, -0.25) is 15.0 Å². The van der Waals surface area contributed by atoms with E-state index in [2.05, 4.69) is 16.8 Å². The summed E-state index contributed by atoms with van der Waals surface area (Å²) in [5.41, 5.74) is 2.26. The lowest BCUT2D eigenvalue weighted by atomic mass is 9.97. The van der Waals surface area contributed by atoms with E-state index in [1.54, 1.807) is 18.2 Å². The lowest BCUT2D eigenvalue weighted by Gasteiger charge is -2.35. The molecule has 124 valence electrons. The van der Waals surface area contributed by atoms with Gasteiger partial charge in [0.15, 0.2) is 0 Å². The van der Waals surface area contributed by atoms with Crippen LogP contribution in [0.3, 0.4) is 0 Å². The van der Waals surface area contributed by atoms with E-state index in [0.717, 1.165) is 43.7 Å². The molecule has 2 rings (SSSR count). The van der Waals surface area contributed by atoms with E-state index in [-0.39, 0.29) is 41.5 Å². The van der Waals surface area contributed by atoms with Crippen LogP contribution >= 0.6 is 24.8 Å². The number of non-ortho nitro benzene ring substituents is 1. The molecule has 0 aliphatic carbocycles. The molecule has 1 N–H and O–H groups in total. The van der Waals surface area contributed by atoms with Gasteiger partial charge in [0, 0.05) is 44.4 Å². The van der Waals surface area contributed by atoms with Crippen molar-refractivity contribution in [3.63, 3.8) is 0 Å². The summed E-state index contributed by atoms with van der Waals surface area (Å²) in [6, 6.07) is 7.15. The Hall–Kier alpha value is -1.14. The van der Waals surface area contributed by atoms with Crippen molar-refractivity contribution < 1.29 is 4.92 Å². The van der Waals surface area contributed by atoms with E-state index in [9.17, 15) is 10.1 Å². The number of nitrogens with zero attached hydrogens (tertiary/aromatic N) is 2. The predicted molar refractivity (Wildman–Crippen MR) is 94.2 cm³/mol. The van der Waals surface area contributed by atoms with Crippen LogP contribution in [-0.4, -0.2) is 36.0 Å². The van der Waals surface area contributed by atoms with Crippen LogP contribution in [0.15, 0.2) is 36.4 Å². The van der Waals surface area contributed by atoms with Gasteiger partial charge in [0.05, 0.1) is 4.92 Å². The largest absolute Gasteiger partial charge is 0.314 e. The quantitative estimate of drug-likeness (QED) is 0.504. The van der Waals surface area contributed by atoms with Gasteiger partial charge in [-0.25, -0.2) is 0 Å². The zero-order valence-electron chi connectivity index (χ0n) is 12.7. The van der Waals surface area contributed by atoms with E-state index >= 15 is 0 Å². The van der Waals surface area contributed by atoms with Crippen LogP contribution in [0.2, 0.25) is 0 Å². The van der Waals surface area contributed by atoms with Crippen LogP contribution in [0, 0.1) is 10.1 Å². The molecule has 1 aliphatic heterocycles. The average molecular weight is 348 g/mol. The molecule has 1 aromatic rings. The Morgan fingerprint density at radius 3 is 2.59 bits per heavy atom. The molecule has 0 aromatic heterocycles. The van der Waals surface area contributed by atoms with Crippen molar-refractivity contribution in [3.05, 3.63) is 52.1 Å². The summed E-state index contributed by atoms with van der Waals surface area (Å²) in [6.07, 6.45) is 0.834. The van der Waals surface area contributed by atoms with Gasteiger partial charge in [0.2, 0.25) is 0 Å². The summed E-state index contributed by atoms with van der Waals surface area (Å²) >= 11 is 0. The number of hydrogen-bond acceptors (Lipinski definition) is 4. The Morgan fingerprint density at radius 2 is 2.05 bits per heavy atom. The highest BCUT2D eigenvalue weighted by atomic mass is 35.5. The Kier molecular flexibility index (Phi) is 9.28. The van der Waals surface area contributed by atoms with Crippen molar-refractivity contribution in [2.45, 2.75) is 19.4 Å². The van der Waals surface area contributed by atoms with Crippen LogP contribution in [0.4, 0.5) is 5.69 Å². The van der Waals surface area contributed by atoms with Crippen LogP contribution in [-0.2, 0) is 0 Å². The van der Waals surface area contributed by atoms with Crippen molar-refractivity contribution in [1.29, 1.82) is 0 Å². The van der Waals surface area contributed by atoms with Crippen molar-refractivity contribution in [2.24, 2.45) is 0 Å². The van der Waals surface area contributed by atoms with Crippen molar-refractivity contribution in [2.75, 3.05) is 26.2 Å². The molecule has 1 aromatic carbocycles. The van der Waals surface area contributed by atoms with Crippen molar-refractivity contribution in [3.8, 4) is 0 Å². The molecule has 5 nitrogen and oxygen atoms in total. The Labute approximate surface area is 143 Å². The summed E-state index contributed by atoms with van der Waals surface area (Å²) in [7, 11) is 0. The molecule has 1 saturated heterocycles. The first-order valence-corrected chi connectivity index (χ1v) is 6.91. The van der Waals surface area contributed by atoms with Crippen LogP contribution in [0.25, 0.3) is 0 Å².